The van der Waals surface area contributed by atoms with Crippen LogP contribution in [0.3, 0.4) is 0 Å². The summed E-state index contributed by atoms with van der Waals surface area (Å²) in [5, 5.41) is 13.7. The van der Waals surface area contributed by atoms with E-state index in [0.717, 1.165) is 22.6 Å². The molecule has 2 rings (SSSR count). The fourth-order valence-electron chi connectivity index (χ4n) is 1.75. The first-order valence-corrected chi connectivity index (χ1v) is 4.91. The first kappa shape index (κ1) is 9.77. The fourth-order valence-corrected chi connectivity index (χ4v) is 1.75. The Morgan fingerprint density at radius 3 is 2.40 bits per heavy atom. The van der Waals surface area contributed by atoms with Gasteiger partial charge in [0, 0.05) is 5.69 Å². The predicted molar refractivity (Wildman–Crippen MR) is 59.4 cm³/mol. The molecule has 0 atom stereocenters. The van der Waals surface area contributed by atoms with E-state index in [0.29, 0.717) is 0 Å². The number of phenols is 1. The molecule has 0 aliphatic heterocycles. The lowest BCUT2D eigenvalue weighted by Crippen LogP contribution is -2.01. The Morgan fingerprint density at radius 1 is 1.13 bits per heavy atom. The molecule has 2 aromatic rings. The quantitative estimate of drug-likeness (QED) is 0.771. The van der Waals surface area contributed by atoms with Crippen LogP contribution in [0.25, 0.3) is 5.69 Å². The molecule has 0 saturated carbocycles. The number of benzene rings is 1. The molecule has 3 nitrogen and oxygen atoms in total. The molecule has 1 N–H and O–H groups in total. The number of hydrogen-bond acceptors (Lipinski definition) is 2. The van der Waals surface area contributed by atoms with Crippen LogP contribution in [-0.2, 0) is 0 Å². The van der Waals surface area contributed by atoms with E-state index in [2.05, 4.69) is 5.10 Å². The molecule has 1 aromatic carbocycles. The van der Waals surface area contributed by atoms with Crippen molar-refractivity contribution in [3.8, 4) is 11.4 Å². The third-order valence-electron chi connectivity index (χ3n) is 2.42. The summed E-state index contributed by atoms with van der Waals surface area (Å²) in [5.74, 6) is 0.290. The summed E-state index contributed by atoms with van der Waals surface area (Å²) in [5.41, 5.74) is 4.13. The van der Waals surface area contributed by atoms with Crippen LogP contribution >= 0.6 is 0 Å². The molecule has 0 aliphatic carbocycles. The zero-order valence-electron chi connectivity index (χ0n) is 9.15. The highest BCUT2D eigenvalue weighted by molar-refractivity contribution is 5.45. The molecule has 3 heteroatoms. The van der Waals surface area contributed by atoms with Crippen molar-refractivity contribution in [2.75, 3.05) is 0 Å². The highest BCUT2D eigenvalue weighted by Gasteiger charge is 2.06. The predicted octanol–water partition coefficient (Wildman–Crippen LogP) is 2.50. The molecule has 0 spiro atoms. The van der Waals surface area contributed by atoms with Crippen LogP contribution in [0, 0.1) is 20.8 Å². The van der Waals surface area contributed by atoms with Gasteiger partial charge >= 0.3 is 0 Å². The van der Waals surface area contributed by atoms with Crippen molar-refractivity contribution in [1.29, 1.82) is 0 Å². The second-order valence-electron chi connectivity index (χ2n) is 3.81. The van der Waals surface area contributed by atoms with Gasteiger partial charge in [-0.3, -0.25) is 0 Å². The summed E-state index contributed by atoms with van der Waals surface area (Å²) in [6.07, 6.45) is 0. The van der Waals surface area contributed by atoms with Gasteiger partial charge in [0.15, 0.2) is 0 Å². The van der Waals surface area contributed by atoms with E-state index in [-0.39, 0.29) is 5.75 Å². The number of hydrogen-bond donors (Lipinski definition) is 1. The molecule has 78 valence electrons. The van der Waals surface area contributed by atoms with Crippen molar-refractivity contribution >= 4 is 0 Å². The van der Waals surface area contributed by atoms with Crippen LogP contribution in [-0.4, -0.2) is 14.9 Å². The minimum atomic E-state index is 0.290. The Bertz CT molecular complexity index is 500. The van der Waals surface area contributed by atoms with E-state index in [1.54, 1.807) is 12.1 Å². The maximum atomic E-state index is 9.33. The van der Waals surface area contributed by atoms with E-state index < -0.39 is 0 Å². The minimum absolute atomic E-state index is 0.290. The van der Waals surface area contributed by atoms with Crippen molar-refractivity contribution in [2.24, 2.45) is 0 Å². The lowest BCUT2D eigenvalue weighted by Gasteiger charge is -2.08. The molecule has 0 fully saturated rings. The standard InChI is InChI=1S/C12H14N2O/c1-8-6-11(15)4-5-12(8)14-10(3)7-9(2)13-14/h4-7,15H,1-3H3. The summed E-state index contributed by atoms with van der Waals surface area (Å²) >= 11 is 0. The first-order chi connectivity index (χ1) is 7.08. The Labute approximate surface area is 89.0 Å². The SMILES string of the molecule is Cc1cc(C)n(-c2ccc(O)cc2C)n1. The lowest BCUT2D eigenvalue weighted by atomic mass is 10.2. The first-order valence-electron chi connectivity index (χ1n) is 4.91. The van der Waals surface area contributed by atoms with Gasteiger partial charge < -0.3 is 5.11 Å². The average Bonchev–Trinajstić information content (AvgIpc) is 2.45. The van der Waals surface area contributed by atoms with E-state index >= 15 is 0 Å². The van der Waals surface area contributed by atoms with Gasteiger partial charge in [0.1, 0.15) is 5.75 Å². The molecule has 0 radical (unpaired) electrons. The molecule has 0 unspecified atom stereocenters. The van der Waals surface area contributed by atoms with Gasteiger partial charge in [-0.05, 0) is 50.6 Å². The van der Waals surface area contributed by atoms with E-state index in [1.165, 1.54) is 0 Å². The van der Waals surface area contributed by atoms with Gasteiger partial charge in [0.05, 0.1) is 11.4 Å². The van der Waals surface area contributed by atoms with Gasteiger partial charge in [-0.15, -0.1) is 0 Å². The third-order valence-corrected chi connectivity index (χ3v) is 2.42. The van der Waals surface area contributed by atoms with Gasteiger partial charge in [0.25, 0.3) is 0 Å². The van der Waals surface area contributed by atoms with Gasteiger partial charge in [0.2, 0.25) is 0 Å². The molecule has 15 heavy (non-hydrogen) atoms. The highest BCUT2D eigenvalue weighted by Crippen LogP contribution is 2.20. The van der Waals surface area contributed by atoms with Crippen molar-refractivity contribution < 1.29 is 5.11 Å². The van der Waals surface area contributed by atoms with Crippen LogP contribution in [0.15, 0.2) is 24.3 Å². The molecule has 0 saturated heterocycles. The van der Waals surface area contributed by atoms with Crippen LogP contribution in [0.5, 0.6) is 5.75 Å². The molecule has 1 aromatic heterocycles. The van der Waals surface area contributed by atoms with Crippen LogP contribution in [0.2, 0.25) is 0 Å². The van der Waals surface area contributed by atoms with E-state index in [4.69, 9.17) is 0 Å². The maximum Gasteiger partial charge on any atom is 0.115 e. The zero-order chi connectivity index (χ0) is 11.0. The Balaban J connectivity index is 2.59. The third kappa shape index (κ3) is 1.73. The Kier molecular flexibility index (Phi) is 2.23. The number of nitrogens with zero attached hydrogens (tertiary/aromatic N) is 2. The summed E-state index contributed by atoms with van der Waals surface area (Å²) in [7, 11) is 0. The zero-order valence-corrected chi connectivity index (χ0v) is 9.15. The van der Waals surface area contributed by atoms with Crippen LogP contribution < -0.4 is 0 Å². The monoisotopic (exact) mass is 202 g/mol. The summed E-state index contributed by atoms with van der Waals surface area (Å²) in [6, 6.07) is 7.33. The van der Waals surface area contributed by atoms with Crippen molar-refractivity contribution in [2.45, 2.75) is 20.8 Å². The molecule has 1 heterocycles. The summed E-state index contributed by atoms with van der Waals surface area (Å²) in [6.45, 7) is 5.96. The summed E-state index contributed by atoms with van der Waals surface area (Å²) < 4.78 is 1.89. The molecular weight excluding hydrogens is 188 g/mol. The van der Waals surface area contributed by atoms with Crippen molar-refractivity contribution in [1.82, 2.24) is 9.78 Å². The topological polar surface area (TPSA) is 38.0 Å². The molecule has 0 amide bonds. The van der Waals surface area contributed by atoms with E-state index in [1.807, 2.05) is 37.6 Å². The fraction of sp³-hybridized carbons (Fsp3) is 0.250. The van der Waals surface area contributed by atoms with Crippen molar-refractivity contribution in [3.05, 3.63) is 41.2 Å². The van der Waals surface area contributed by atoms with Crippen LogP contribution in [0.1, 0.15) is 17.0 Å². The Hall–Kier alpha value is -1.77. The minimum Gasteiger partial charge on any atom is -0.508 e. The molecular formula is C12H14N2O. The normalized spacial score (nSPS) is 10.6. The number of phenolic OH excluding ortho intramolecular Hbond substituents is 1. The number of aromatic hydroxyl groups is 1. The Morgan fingerprint density at radius 2 is 1.87 bits per heavy atom. The molecule has 0 aliphatic rings. The van der Waals surface area contributed by atoms with Gasteiger partial charge in [-0.25, -0.2) is 4.68 Å². The largest absolute Gasteiger partial charge is 0.508 e. The van der Waals surface area contributed by atoms with Crippen LogP contribution in [0.4, 0.5) is 0 Å². The summed E-state index contributed by atoms with van der Waals surface area (Å²) in [4.78, 5) is 0. The van der Waals surface area contributed by atoms with Gasteiger partial charge in [-0.1, -0.05) is 0 Å². The van der Waals surface area contributed by atoms with Gasteiger partial charge in [-0.2, -0.15) is 5.10 Å². The highest BCUT2D eigenvalue weighted by atomic mass is 16.3. The van der Waals surface area contributed by atoms with Crippen molar-refractivity contribution in [3.63, 3.8) is 0 Å². The lowest BCUT2D eigenvalue weighted by molar-refractivity contribution is 0.474. The van der Waals surface area contributed by atoms with E-state index in [9.17, 15) is 5.11 Å². The molecule has 0 bridgehead atoms. The number of aromatic nitrogens is 2. The smallest absolute Gasteiger partial charge is 0.115 e. The number of rotatable bonds is 1. The second kappa shape index (κ2) is 3.42. The maximum absolute atomic E-state index is 9.33. The average molecular weight is 202 g/mol. The second-order valence-corrected chi connectivity index (χ2v) is 3.81. The number of aryl methyl sites for hydroxylation is 3.